The molecule has 0 aromatic carbocycles. The molecular weight excluding hydrogens is 304 g/mol. The Kier molecular flexibility index (Phi) is 8.70. The molecule has 0 saturated carbocycles. The quantitative estimate of drug-likeness (QED) is 0.359. The maximum absolute atomic E-state index is 5.67. The fraction of sp³-hybridized carbons (Fsp3) is 0.474. The summed E-state index contributed by atoms with van der Waals surface area (Å²) >= 11 is 1.58. The lowest BCUT2D eigenvalue weighted by Gasteiger charge is -2.10. The number of allylic oxidation sites excluding steroid dienone is 2. The summed E-state index contributed by atoms with van der Waals surface area (Å²) in [6, 6.07) is 4.04. The van der Waals surface area contributed by atoms with Crippen LogP contribution in [0, 0.1) is 5.92 Å². The number of nitrogens with zero attached hydrogens (tertiary/aromatic N) is 2. The average Bonchev–Trinajstić information content (AvgIpc) is 2.46. The molecule has 1 unspecified atom stereocenters. The molecule has 0 spiro atoms. The van der Waals surface area contributed by atoms with Crippen molar-refractivity contribution in [3.63, 3.8) is 0 Å². The van der Waals surface area contributed by atoms with Gasteiger partial charge in [-0.2, -0.15) is 0 Å². The van der Waals surface area contributed by atoms with Crippen LogP contribution in [0.15, 0.2) is 47.0 Å². The van der Waals surface area contributed by atoms with E-state index in [4.69, 9.17) is 9.73 Å². The first-order valence-corrected chi connectivity index (χ1v) is 8.87. The molecule has 0 fully saturated rings. The van der Waals surface area contributed by atoms with Gasteiger partial charge in [-0.15, -0.1) is 0 Å². The van der Waals surface area contributed by atoms with Crippen LogP contribution in [0.2, 0.25) is 0 Å². The maximum atomic E-state index is 5.67. The highest BCUT2D eigenvalue weighted by atomic mass is 32.2. The molecular formula is C19H28N2OS. The molecule has 23 heavy (non-hydrogen) atoms. The number of rotatable bonds is 8. The van der Waals surface area contributed by atoms with Gasteiger partial charge in [-0.3, -0.25) is 4.99 Å². The number of hydrogen-bond acceptors (Lipinski definition) is 4. The van der Waals surface area contributed by atoms with Crippen molar-refractivity contribution in [1.82, 2.24) is 4.98 Å². The van der Waals surface area contributed by atoms with Crippen molar-refractivity contribution >= 4 is 16.8 Å². The second-order valence-electron chi connectivity index (χ2n) is 5.92. The van der Waals surface area contributed by atoms with Crippen LogP contribution in [0.4, 0.5) is 0 Å². The van der Waals surface area contributed by atoms with E-state index in [1.807, 2.05) is 38.3 Å². The van der Waals surface area contributed by atoms with Crippen molar-refractivity contribution in [1.29, 1.82) is 0 Å². The molecule has 1 rings (SSSR count). The fourth-order valence-corrected chi connectivity index (χ4v) is 2.61. The van der Waals surface area contributed by atoms with Crippen LogP contribution in [0.5, 0.6) is 5.88 Å². The molecule has 0 radical (unpaired) electrons. The standard InChI is InChI=1S/C19H28N2OS/c1-7-8-16(6)21-19(23-15(4)5)17-9-10-18(20-13-17)22-12-11-14(2)3/h7-10,13-14,16H,4,11-12H2,1-3,5-6H3/b8-7-,21-19-. The van der Waals surface area contributed by atoms with Gasteiger partial charge in [0.15, 0.2) is 0 Å². The molecule has 0 N–H and O–H groups in total. The number of aromatic nitrogens is 1. The second-order valence-corrected chi connectivity index (χ2v) is 7.21. The minimum atomic E-state index is 0.129. The van der Waals surface area contributed by atoms with Crippen LogP contribution in [-0.4, -0.2) is 22.7 Å². The molecule has 1 aromatic rings. The minimum absolute atomic E-state index is 0.129. The van der Waals surface area contributed by atoms with Crippen LogP contribution < -0.4 is 4.74 Å². The number of pyridine rings is 1. The van der Waals surface area contributed by atoms with E-state index in [0.717, 1.165) is 21.9 Å². The third-order valence-electron chi connectivity index (χ3n) is 2.99. The Balaban J connectivity index is 2.84. The van der Waals surface area contributed by atoms with Gasteiger partial charge in [0.05, 0.1) is 12.6 Å². The normalized spacial score (nSPS) is 13.6. The lowest BCUT2D eigenvalue weighted by Crippen LogP contribution is -2.05. The first-order chi connectivity index (χ1) is 10.9. The Morgan fingerprint density at radius 3 is 2.65 bits per heavy atom. The molecule has 0 aliphatic heterocycles. The summed E-state index contributed by atoms with van der Waals surface area (Å²) in [4.78, 5) is 10.1. The Morgan fingerprint density at radius 2 is 2.13 bits per heavy atom. The van der Waals surface area contributed by atoms with E-state index in [2.05, 4.69) is 38.4 Å². The van der Waals surface area contributed by atoms with E-state index in [9.17, 15) is 0 Å². The van der Waals surface area contributed by atoms with Crippen molar-refractivity contribution in [2.24, 2.45) is 10.9 Å². The van der Waals surface area contributed by atoms with Gasteiger partial charge >= 0.3 is 0 Å². The Bertz CT molecular complexity index is 547. The van der Waals surface area contributed by atoms with Crippen molar-refractivity contribution in [3.8, 4) is 5.88 Å². The zero-order chi connectivity index (χ0) is 17.2. The van der Waals surface area contributed by atoms with Crippen molar-refractivity contribution in [2.45, 2.75) is 47.1 Å². The highest BCUT2D eigenvalue weighted by Crippen LogP contribution is 2.22. The highest BCUT2D eigenvalue weighted by Gasteiger charge is 2.08. The smallest absolute Gasteiger partial charge is 0.213 e. The average molecular weight is 333 g/mol. The minimum Gasteiger partial charge on any atom is -0.478 e. The van der Waals surface area contributed by atoms with Crippen molar-refractivity contribution in [3.05, 3.63) is 47.5 Å². The zero-order valence-electron chi connectivity index (χ0n) is 14.9. The van der Waals surface area contributed by atoms with Gasteiger partial charge in [-0.1, -0.05) is 44.3 Å². The third kappa shape index (κ3) is 8.03. The van der Waals surface area contributed by atoms with E-state index in [0.29, 0.717) is 18.4 Å². The zero-order valence-corrected chi connectivity index (χ0v) is 15.7. The van der Waals surface area contributed by atoms with Gasteiger partial charge in [0, 0.05) is 17.8 Å². The molecule has 0 bridgehead atoms. The summed E-state index contributed by atoms with van der Waals surface area (Å²) in [5.41, 5.74) is 0.991. The summed E-state index contributed by atoms with van der Waals surface area (Å²) in [7, 11) is 0. The molecule has 0 saturated heterocycles. The van der Waals surface area contributed by atoms with E-state index in [1.165, 1.54) is 0 Å². The predicted molar refractivity (Wildman–Crippen MR) is 102 cm³/mol. The highest BCUT2D eigenvalue weighted by molar-refractivity contribution is 8.17. The topological polar surface area (TPSA) is 34.5 Å². The molecule has 3 nitrogen and oxygen atoms in total. The molecule has 126 valence electrons. The monoisotopic (exact) mass is 332 g/mol. The molecule has 4 heteroatoms. The van der Waals surface area contributed by atoms with Gasteiger partial charge in [-0.25, -0.2) is 4.98 Å². The lowest BCUT2D eigenvalue weighted by atomic mass is 10.1. The molecule has 1 atom stereocenters. The summed E-state index contributed by atoms with van der Waals surface area (Å²) < 4.78 is 5.67. The van der Waals surface area contributed by atoms with Gasteiger partial charge in [0.1, 0.15) is 5.04 Å². The van der Waals surface area contributed by atoms with Crippen LogP contribution >= 0.6 is 11.8 Å². The van der Waals surface area contributed by atoms with Crippen LogP contribution in [0.1, 0.15) is 46.6 Å². The first kappa shape index (κ1) is 19.5. The van der Waals surface area contributed by atoms with E-state index in [1.54, 1.807) is 11.8 Å². The molecule has 1 aromatic heterocycles. The summed E-state index contributed by atoms with van der Waals surface area (Å²) in [6.45, 7) is 15.1. The van der Waals surface area contributed by atoms with Crippen molar-refractivity contribution < 1.29 is 4.74 Å². The number of thioether (sulfide) groups is 1. The lowest BCUT2D eigenvalue weighted by molar-refractivity contribution is 0.279. The largest absolute Gasteiger partial charge is 0.478 e. The van der Waals surface area contributed by atoms with Gasteiger partial charge in [-0.05, 0) is 44.1 Å². The molecule has 0 aliphatic rings. The van der Waals surface area contributed by atoms with Crippen molar-refractivity contribution in [2.75, 3.05) is 6.61 Å². The second kappa shape index (κ2) is 10.3. The van der Waals surface area contributed by atoms with Gasteiger partial charge in [0.2, 0.25) is 5.88 Å². The molecule has 0 aliphatic carbocycles. The third-order valence-corrected chi connectivity index (χ3v) is 3.87. The Labute approximate surface area is 145 Å². The first-order valence-electron chi connectivity index (χ1n) is 8.05. The number of aliphatic imine (C=N–C) groups is 1. The summed E-state index contributed by atoms with van der Waals surface area (Å²) in [6.07, 6.45) is 6.93. The molecule has 1 heterocycles. The number of hydrogen-bond donors (Lipinski definition) is 0. The summed E-state index contributed by atoms with van der Waals surface area (Å²) in [5.74, 6) is 1.30. The summed E-state index contributed by atoms with van der Waals surface area (Å²) in [5, 5.41) is 0.935. The van der Waals surface area contributed by atoms with E-state index in [-0.39, 0.29) is 6.04 Å². The maximum Gasteiger partial charge on any atom is 0.213 e. The van der Waals surface area contributed by atoms with E-state index < -0.39 is 0 Å². The molecule has 0 amide bonds. The number of ether oxygens (including phenoxy) is 1. The Hall–Kier alpha value is -1.55. The van der Waals surface area contributed by atoms with Crippen LogP contribution in [-0.2, 0) is 0 Å². The van der Waals surface area contributed by atoms with Gasteiger partial charge < -0.3 is 4.74 Å². The predicted octanol–water partition coefficient (Wildman–Crippen LogP) is 5.48. The van der Waals surface area contributed by atoms with Crippen LogP contribution in [0.25, 0.3) is 0 Å². The SMILES string of the molecule is C=C(C)S/C(=N\C(C)/C=C\C)c1ccc(OCCC(C)C)nc1. The Morgan fingerprint density at radius 1 is 1.39 bits per heavy atom. The van der Waals surface area contributed by atoms with E-state index >= 15 is 0 Å². The fourth-order valence-electron chi connectivity index (χ4n) is 1.82. The van der Waals surface area contributed by atoms with Crippen LogP contribution in [0.3, 0.4) is 0 Å². The van der Waals surface area contributed by atoms with Gasteiger partial charge in [0.25, 0.3) is 0 Å².